The van der Waals surface area contributed by atoms with Crippen molar-refractivity contribution >= 4 is 38.6 Å². The van der Waals surface area contributed by atoms with Crippen LogP contribution in [-0.2, 0) is 0 Å². The van der Waals surface area contributed by atoms with Crippen LogP contribution in [0.25, 0.3) is 22.6 Å². The average molecular weight is 424 g/mol. The number of oxazole rings is 1. The lowest BCUT2D eigenvalue weighted by Crippen LogP contribution is -2.13. The molecule has 0 saturated carbocycles. The highest BCUT2D eigenvalue weighted by molar-refractivity contribution is 9.10. The molecule has 1 N–H and O–H groups in total. The summed E-state index contributed by atoms with van der Waals surface area (Å²) >= 11 is 3.37. The van der Waals surface area contributed by atoms with Crippen LogP contribution in [0.3, 0.4) is 0 Å². The van der Waals surface area contributed by atoms with Gasteiger partial charge in [-0.3, -0.25) is 9.78 Å². The van der Waals surface area contributed by atoms with Crippen molar-refractivity contribution in [1.82, 2.24) is 9.97 Å². The van der Waals surface area contributed by atoms with E-state index in [0.717, 1.165) is 10.0 Å². The van der Waals surface area contributed by atoms with Crippen LogP contribution >= 0.6 is 15.9 Å². The highest BCUT2D eigenvalue weighted by Gasteiger charge is 2.14. The van der Waals surface area contributed by atoms with Crippen molar-refractivity contribution in [2.45, 2.75) is 0 Å². The van der Waals surface area contributed by atoms with Crippen LogP contribution < -0.4 is 10.1 Å². The molecular formula is C20H14BrN3O3. The molecule has 2 heterocycles. The topological polar surface area (TPSA) is 77.2 Å². The number of anilines is 1. The molecule has 0 bridgehead atoms. The number of carbonyl (C=O) groups is 1. The lowest BCUT2D eigenvalue weighted by atomic mass is 10.2. The smallest absolute Gasteiger partial charge is 0.259 e. The zero-order valence-electron chi connectivity index (χ0n) is 14.3. The lowest BCUT2D eigenvalue weighted by molar-refractivity contribution is 0.102. The third-order valence-electron chi connectivity index (χ3n) is 3.96. The molecule has 4 rings (SSSR count). The Balaban J connectivity index is 1.63. The second-order valence-electron chi connectivity index (χ2n) is 5.74. The summed E-state index contributed by atoms with van der Waals surface area (Å²) in [5.41, 5.74) is 3.11. The van der Waals surface area contributed by atoms with Crippen molar-refractivity contribution < 1.29 is 13.9 Å². The molecule has 0 radical (unpaired) electrons. The van der Waals surface area contributed by atoms with E-state index in [1.807, 2.05) is 18.2 Å². The molecule has 2 aromatic carbocycles. The first-order chi connectivity index (χ1) is 13.1. The van der Waals surface area contributed by atoms with E-state index in [-0.39, 0.29) is 5.91 Å². The Morgan fingerprint density at radius 3 is 2.85 bits per heavy atom. The molecule has 0 fully saturated rings. The molecule has 0 spiro atoms. The molecule has 0 atom stereocenters. The molecule has 0 aliphatic rings. The van der Waals surface area contributed by atoms with E-state index in [4.69, 9.17) is 9.15 Å². The highest BCUT2D eigenvalue weighted by atomic mass is 79.9. The number of rotatable bonds is 4. The van der Waals surface area contributed by atoms with Gasteiger partial charge < -0.3 is 14.5 Å². The quantitative estimate of drug-likeness (QED) is 0.504. The number of halogens is 1. The number of hydrogen-bond donors (Lipinski definition) is 1. The van der Waals surface area contributed by atoms with Gasteiger partial charge in [-0.1, -0.05) is 15.9 Å². The second kappa shape index (κ2) is 7.20. The van der Waals surface area contributed by atoms with Crippen LogP contribution in [0.1, 0.15) is 10.4 Å². The van der Waals surface area contributed by atoms with E-state index in [2.05, 4.69) is 31.2 Å². The van der Waals surface area contributed by atoms with Gasteiger partial charge in [-0.05, 0) is 48.5 Å². The third-order valence-corrected chi connectivity index (χ3v) is 4.45. The molecule has 0 saturated heterocycles. The standard InChI is InChI=1S/C20H14BrN3O3/c1-26-17-6-4-13(21)9-15(17)19(25)23-14-5-7-18-16(10-14)24-20(27-18)12-3-2-8-22-11-12/h2-11H,1H3,(H,23,25). The zero-order chi connectivity index (χ0) is 18.8. The third kappa shape index (κ3) is 3.54. The van der Waals surface area contributed by atoms with E-state index >= 15 is 0 Å². The minimum absolute atomic E-state index is 0.275. The van der Waals surface area contributed by atoms with Gasteiger partial charge >= 0.3 is 0 Å². The number of fused-ring (bicyclic) bond motifs is 1. The van der Waals surface area contributed by atoms with Gasteiger partial charge in [-0.15, -0.1) is 0 Å². The Hall–Kier alpha value is -3.19. The molecule has 4 aromatic rings. The second-order valence-corrected chi connectivity index (χ2v) is 6.66. The Bertz CT molecular complexity index is 1130. The summed E-state index contributed by atoms with van der Waals surface area (Å²) < 4.78 is 11.8. The summed E-state index contributed by atoms with van der Waals surface area (Å²) in [5.74, 6) is 0.704. The number of nitrogens with zero attached hydrogens (tertiary/aromatic N) is 2. The number of aromatic nitrogens is 2. The first-order valence-corrected chi connectivity index (χ1v) is 8.89. The summed E-state index contributed by atoms with van der Waals surface area (Å²) in [4.78, 5) is 21.2. The number of nitrogens with one attached hydrogen (secondary N) is 1. The summed E-state index contributed by atoms with van der Waals surface area (Å²) in [7, 11) is 1.53. The van der Waals surface area contributed by atoms with Gasteiger partial charge in [0.2, 0.25) is 5.89 Å². The monoisotopic (exact) mass is 423 g/mol. The van der Waals surface area contributed by atoms with Crippen molar-refractivity contribution in [3.8, 4) is 17.2 Å². The van der Waals surface area contributed by atoms with E-state index in [1.54, 1.807) is 42.7 Å². The molecule has 0 unspecified atom stereocenters. The van der Waals surface area contributed by atoms with Crippen LogP contribution in [0.2, 0.25) is 0 Å². The molecule has 0 aliphatic heterocycles. The molecule has 7 heteroatoms. The average Bonchev–Trinajstić information content (AvgIpc) is 3.12. The minimum Gasteiger partial charge on any atom is -0.496 e. The van der Waals surface area contributed by atoms with Crippen LogP contribution in [0.5, 0.6) is 5.75 Å². The van der Waals surface area contributed by atoms with Gasteiger partial charge in [0, 0.05) is 22.6 Å². The van der Waals surface area contributed by atoms with Crippen molar-refractivity contribution in [1.29, 1.82) is 0 Å². The van der Waals surface area contributed by atoms with Crippen molar-refractivity contribution in [2.24, 2.45) is 0 Å². The molecule has 2 aromatic heterocycles. The summed E-state index contributed by atoms with van der Waals surface area (Å²) in [5, 5.41) is 2.87. The fourth-order valence-electron chi connectivity index (χ4n) is 2.67. The molecule has 134 valence electrons. The van der Waals surface area contributed by atoms with E-state index in [0.29, 0.717) is 34.0 Å². The molecular weight excluding hydrogens is 410 g/mol. The van der Waals surface area contributed by atoms with Crippen LogP contribution in [0.4, 0.5) is 5.69 Å². The molecule has 27 heavy (non-hydrogen) atoms. The highest BCUT2D eigenvalue weighted by Crippen LogP contribution is 2.27. The summed E-state index contributed by atoms with van der Waals surface area (Å²) in [6, 6.07) is 14.3. The SMILES string of the molecule is COc1ccc(Br)cc1C(=O)Nc1ccc2oc(-c3cccnc3)nc2c1. The fraction of sp³-hybridized carbons (Fsp3) is 0.0500. The van der Waals surface area contributed by atoms with Gasteiger partial charge in [0.1, 0.15) is 11.3 Å². The summed E-state index contributed by atoms with van der Waals surface area (Å²) in [6.45, 7) is 0. The number of ether oxygens (including phenoxy) is 1. The Labute approximate surface area is 163 Å². The Morgan fingerprint density at radius 2 is 2.07 bits per heavy atom. The van der Waals surface area contributed by atoms with Crippen LogP contribution in [-0.4, -0.2) is 23.0 Å². The maximum Gasteiger partial charge on any atom is 0.259 e. The van der Waals surface area contributed by atoms with Gasteiger partial charge in [-0.25, -0.2) is 4.98 Å². The van der Waals surface area contributed by atoms with Crippen molar-refractivity contribution in [3.05, 3.63) is 71.0 Å². The van der Waals surface area contributed by atoms with E-state index < -0.39 is 0 Å². The van der Waals surface area contributed by atoms with E-state index in [9.17, 15) is 4.79 Å². The number of hydrogen-bond acceptors (Lipinski definition) is 5. The predicted molar refractivity (Wildman–Crippen MR) is 106 cm³/mol. The lowest BCUT2D eigenvalue weighted by Gasteiger charge is -2.09. The zero-order valence-corrected chi connectivity index (χ0v) is 15.9. The maximum atomic E-state index is 12.6. The fourth-order valence-corrected chi connectivity index (χ4v) is 3.04. The molecule has 0 aliphatic carbocycles. The molecule has 1 amide bonds. The first-order valence-electron chi connectivity index (χ1n) is 8.10. The maximum absolute atomic E-state index is 12.6. The number of benzene rings is 2. The van der Waals surface area contributed by atoms with Crippen molar-refractivity contribution in [2.75, 3.05) is 12.4 Å². The number of methoxy groups -OCH3 is 1. The van der Waals surface area contributed by atoms with Crippen LogP contribution in [0, 0.1) is 0 Å². The van der Waals surface area contributed by atoms with Crippen LogP contribution in [0.15, 0.2) is 69.8 Å². The van der Waals surface area contributed by atoms with Gasteiger partial charge in [0.25, 0.3) is 5.91 Å². The Kier molecular flexibility index (Phi) is 4.60. The number of amides is 1. The van der Waals surface area contributed by atoms with Gasteiger partial charge in [0.05, 0.1) is 18.2 Å². The normalized spacial score (nSPS) is 10.7. The van der Waals surface area contributed by atoms with Gasteiger partial charge in [0.15, 0.2) is 5.58 Å². The van der Waals surface area contributed by atoms with Crippen molar-refractivity contribution in [3.63, 3.8) is 0 Å². The molecule has 6 nitrogen and oxygen atoms in total. The predicted octanol–water partition coefficient (Wildman–Crippen LogP) is 4.91. The largest absolute Gasteiger partial charge is 0.496 e. The first kappa shape index (κ1) is 17.2. The Morgan fingerprint density at radius 1 is 1.19 bits per heavy atom. The number of pyridine rings is 1. The number of carbonyl (C=O) groups excluding carboxylic acids is 1. The minimum atomic E-state index is -0.275. The van der Waals surface area contributed by atoms with E-state index in [1.165, 1.54) is 7.11 Å². The van der Waals surface area contributed by atoms with Gasteiger partial charge in [-0.2, -0.15) is 0 Å². The summed E-state index contributed by atoms with van der Waals surface area (Å²) in [6.07, 6.45) is 3.38.